The standard InChI is InChI=1S/C14H16INO2/c1-10(17)11-6-8-16(9-7-11)14(18)12-4-2-3-5-13(12)15/h2-5,11H,6-9H2,1H3. The van der Waals surface area contributed by atoms with Crippen LogP contribution in [0.15, 0.2) is 24.3 Å². The van der Waals surface area contributed by atoms with Crippen LogP contribution < -0.4 is 0 Å². The number of ketones is 1. The van der Waals surface area contributed by atoms with Crippen LogP contribution in [-0.2, 0) is 4.79 Å². The Labute approximate surface area is 121 Å². The van der Waals surface area contributed by atoms with Gasteiger partial charge in [-0.2, -0.15) is 0 Å². The number of Topliss-reactive ketones (excluding diaryl/α,β-unsaturated/α-hetero) is 1. The van der Waals surface area contributed by atoms with Crippen LogP contribution in [0.2, 0.25) is 0 Å². The Balaban J connectivity index is 2.04. The maximum Gasteiger partial charge on any atom is 0.254 e. The number of piperidine rings is 1. The molecule has 1 aliphatic rings. The Morgan fingerprint density at radius 2 is 1.83 bits per heavy atom. The number of likely N-dealkylation sites (tertiary alicyclic amines) is 1. The number of carbonyl (C=O) groups is 2. The van der Waals surface area contributed by atoms with Gasteiger partial charge in [0.1, 0.15) is 5.78 Å². The van der Waals surface area contributed by atoms with Gasteiger partial charge in [0.05, 0.1) is 5.56 Å². The summed E-state index contributed by atoms with van der Waals surface area (Å²) in [7, 11) is 0. The molecule has 0 radical (unpaired) electrons. The number of halogens is 1. The minimum Gasteiger partial charge on any atom is -0.339 e. The largest absolute Gasteiger partial charge is 0.339 e. The molecule has 0 bridgehead atoms. The summed E-state index contributed by atoms with van der Waals surface area (Å²) in [5.74, 6) is 0.474. The summed E-state index contributed by atoms with van der Waals surface area (Å²) in [6.07, 6.45) is 1.59. The molecule has 1 aromatic rings. The number of hydrogen-bond acceptors (Lipinski definition) is 2. The Kier molecular flexibility index (Phi) is 4.37. The van der Waals surface area contributed by atoms with Crippen LogP contribution in [0.25, 0.3) is 0 Å². The minimum absolute atomic E-state index is 0.0852. The molecule has 1 aliphatic heterocycles. The first-order chi connectivity index (χ1) is 8.59. The van der Waals surface area contributed by atoms with E-state index in [-0.39, 0.29) is 17.6 Å². The monoisotopic (exact) mass is 357 g/mol. The lowest BCUT2D eigenvalue weighted by Gasteiger charge is -2.31. The highest BCUT2D eigenvalue weighted by Crippen LogP contribution is 2.21. The maximum atomic E-state index is 12.3. The van der Waals surface area contributed by atoms with E-state index in [1.165, 1.54) is 0 Å². The fraction of sp³-hybridized carbons (Fsp3) is 0.429. The van der Waals surface area contributed by atoms with Crippen molar-refractivity contribution < 1.29 is 9.59 Å². The molecule has 0 spiro atoms. The SMILES string of the molecule is CC(=O)C1CCN(C(=O)c2ccccc2I)CC1. The molecule has 1 heterocycles. The fourth-order valence-corrected chi connectivity index (χ4v) is 2.91. The quantitative estimate of drug-likeness (QED) is 0.764. The van der Waals surface area contributed by atoms with E-state index in [1.807, 2.05) is 29.2 Å². The zero-order chi connectivity index (χ0) is 13.1. The van der Waals surface area contributed by atoms with E-state index in [0.29, 0.717) is 13.1 Å². The second-order valence-corrected chi connectivity index (χ2v) is 5.82. The number of rotatable bonds is 2. The lowest BCUT2D eigenvalue weighted by Crippen LogP contribution is -2.40. The topological polar surface area (TPSA) is 37.4 Å². The van der Waals surface area contributed by atoms with Gasteiger partial charge in [0.25, 0.3) is 5.91 Å². The Bertz CT molecular complexity index is 465. The van der Waals surface area contributed by atoms with Crippen molar-refractivity contribution in [3.05, 3.63) is 33.4 Å². The lowest BCUT2D eigenvalue weighted by molar-refractivity contribution is -0.121. The van der Waals surface area contributed by atoms with Crippen LogP contribution in [0.5, 0.6) is 0 Å². The Morgan fingerprint density at radius 3 is 2.39 bits per heavy atom. The van der Waals surface area contributed by atoms with Gasteiger partial charge in [0.15, 0.2) is 0 Å². The smallest absolute Gasteiger partial charge is 0.254 e. The normalized spacial score (nSPS) is 16.7. The molecule has 0 N–H and O–H groups in total. The molecule has 1 saturated heterocycles. The van der Waals surface area contributed by atoms with E-state index >= 15 is 0 Å². The molecule has 1 fully saturated rings. The van der Waals surface area contributed by atoms with Crippen molar-refractivity contribution in [2.45, 2.75) is 19.8 Å². The first-order valence-corrected chi connectivity index (χ1v) is 7.21. The number of amides is 1. The Hall–Kier alpha value is -0.910. The van der Waals surface area contributed by atoms with Crippen molar-refractivity contribution in [2.75, 3.05) is 13.1 Å². The molecule has 0 atom stereocenters. The number of carbonyl (C=O) groups excluding carboxylic acids is 2. The number of benzene rings is 1. The Morgan fingerprint density at radius 1 is 1.22 bits per heavy atom. The van der Waals surface area contributed by atoms with Crippen LogP contribution >= 0.6 is 22.6 Å². The second kappa shape index (κ2) is 5.82. The number of nitrogens with zero attached hydrogens (tertiary/aromatic N) is 1. The molecule has 1 aromatic carbocycles. The maximum absolute atomic E-state index is 12.3. The van der Waals surface area contributed by atoms with E-state index in [9.17, 15) is 9.59 Å². The van der Waals surface area contributed by atoms with Gasteiger partial charge in [-0.15, -0.1) is 0 Å². The van der Waals surface area contributed by atoms with Gasteiger partial charge in [-0.1, -0.05) is 12.1 Å². The lowest BCUT2D eigenvalue weighted by atomic mass is 9.93. The summed E-state index contributed by atoms with van der Waals surface area (Å²) in [6.45, 7) is 3.02. The minimum atomic E-state index is 0.0852. The molecular formula is C14H16INO2. The molecule has 4 heteroatoms. The van der Waals surface area contributed by atoms with Crippen LogP contribution in [-0.4, -0.2) is 29.7 Å². The van der Waals surface area contributed by atoms with Crippen LogP contribution in [0.3, 0.4) is 0 Å². The van der Waals surface area contributed by atoms with Gasteiger partial charge >= 0.3 is 0 Å². The number of hydrogen-bond donors (Lipinski definition) is 0. The van der Waals surface area contributed by atoms with Crippen LogP contribution in [0, 0.1) is 9.49 Å². The average molecular weight is 357 g/mol. The molecule has 1 amide bonds. The first kappa shape index (κ1) is 13.5. The summed E-state index contributed by atoms with van der Waals surface area (Å²) >= 11 is 2.18. The zero-order valence-electron chi connectivity index (χ0n) is 10.4. The van der Waals surface area contributed by atoms with Gasteiger partial charge in [-0.05, 0) is 54.5 Å². The predicted molar refractivity (Wildman–Crippen MR) is 78.5 cm³/mol. The molecule has 3 nitrogen and oxygen atoms in total. The molecule has 0 aliphatic carbocycles. The fourth-order valence-electron chi connectivity index (χ4n) is 2.29. The second-order valence-electron chi connectivity index (χ2n) is 4.66. The summed E-state index contributed by atoms with van der Waals surface area (Å²) in [6, 6.07) is 7.62. The van der Waals surface area contributed by atoms with E-state index in [4.69, 9.17) is 0 Å². The third kappa shape index (κ3) is 2.91. The van der Waals surface area contributed by atoms with Crippen LogP contribution in [0.1, 0.15) is 30.1 Å². The van der Waals surface area contributed by atoms with Crippen molar-refractivity contribution in [3.8, 4) is 0 Å². The van der Waals surface area contributed by atoms with Crippen molar-refractivity contribution in [3.63, 3.8) is 0 Å². The molecule has 0 saturated carbocycles. The molecule has 2 rings (SSSR count). The van der Waals surface area contributed by atoms with Gasteiger partial charge in [0.2, 0.25) is 0 Å². The molecule has 0 aromatic heterocycles. The zero-order valence-corrected chi connectivity index (χ0v) is 12.5. The summed E-state index contributed by atoms with van der Waals surface area (Å²) in [4.78, 5) is 25.5. The van der Waals surface area contributed by atoms with Crippen molar-refractivity contribution in [1.29, 1.82) is 0 Å². The van der Waals surface area contributed by atoms with Gasteiger partial charge in [-0.25, -0.2) is 0 Å². The highest BCUT2D eigenvalue weighted by molar-refractivity contribution is 14.1. The van der Waals surface area contributed by atoms with Gasteiger partial charge in [-0.3, -0.25) is 9.59 Å². The van der Waals surface area contributed by atoms with E-state index in [2.05, 4.69) is 22.6 Å². The molecular weight excluding hydrogens is 341 g/mol. The van der Waals surface area contributed by atoms with Gasteiger partial charge < -0.3 is 4.90 Å². The average Bonchev–Trinajstić information content (AvgIpc) is 2.38. The third-order valence-electron chi connectivity index (χ3n) is 3.46. The predicted octanol–water partition coefficient (Wildman–Crippen LogP) is 2.73. The van der Waals surface area contributed by atoms with E-state index in [1.54, 1.807) is 6.92 Å². The molecule has 18 heavy (non-hydrogen) atoms. The van der Waals surface area contributed by atoms with E-state index < -0.39 is 0 Å². The molecule has 96 valence electrons. The first-order valence-electron chi connectivity index (χ1n) is 6.14. The van der Waals surface area contributed by atoms with Crippen molar-refractivity contribution in [2.24, 2.45) is 5.92 Å². The summed E-state index contributed by atoms with van der Waals surface area (Å²) < 4.78 is 0.980. The molecule has 0 unspecified atom stereocenters. The van der Waals surface area contributed by atoms with Crippen LogP contribution in [0.4, 0.5) is 0 Å². The van der Waals surface area contributed by atoms with Crippen molar-refractivity contribution in [1.82, 2.24) is 4.90 Å². The van der Waals surface area contributed by atoms with E-state index in [0.717, 1.165) is 22.0 Å². The van der Waals surface area contributed by atoms with Crippen molar-refractivity contribution >= 4 is 34.3 Å². The highest BCUT2D eigenvalue weighted by atomic mass is 127. The summed E-state index contributed by atoms with van der Waals surface area (Å²) in [5, 5.41) is 0. The third-order valence-corrected chi connectivity index (χ3v) is 4.40. The highest BCUT2D eigenvalue weighted by Gasteiger charge is 2.26. The summed E-state index contributed by atoms with van der Waals surface area (Å²) in [5.41, 5.74) is 0.763. The van der Waals surface area contributed by atoms with Gasteiger partial charge in [0, 0.05) is 22.6 Å².